The second kappa shape index (κ2) is 6.18. The third kappa shape index (κ3) is 3.45. The van der Waals surface area contributed by atoms with E-state index in [1.165, 1.54) is 0 Å². The summed E-state index contributed by atoms with van der Waals surface area (Å²) in [7, 11) is 1.62. The quantitative estimate of drug-likeness (QED) is 0.823. The molecule has 3 nitrogen and oxygen atoms in total. The van der Waals surface area contributed by atoms with E-state index in [1.807, 2.05) is 34.9 Å². The van der Waals surface area contributed by atoms with Gasteiger partial charge in [-0.15, -0.1) is 0 Å². The maximum Gasteiger partial charge on any atom is 0.253 e. The molecule has 2 atom stereocenters. The molecule has 104 valence electrons. The minimum Gasteiger partial charge on any atom is -0.496 e. The van der Waals surface area contributed by atoms with Crippen LogP contribution < -0.4 is 4.74 Å². The van der Waals surface area contributed by atoms with E-state index < -0.39 is 0 Å². The zero-order valence-electron chi connectivity index (χ0n) is 11.4. The Bertz CT molecular complexity index is 471. The summed E-state index contributed by atoms with van der Waals surface area (Å²) in [5.41, 5.74) is 0.707. The van der Waals surface area contributed by atoms with Crippen LogP contribution >= 0.6 is 27.7 Å². The van der Waals surface area contributed by atoms with Crippen molar-refractivity contribution in [1.29, 1.82) is 0 Å². The maximum absolute atomic E-state index is 12.5. The van der Waals surface area contributed by atoms with Crippen molar-refractivity contribution < 1.29 is 9.53 Å². The lowest BCUT2D eigenvalue weighted by atomic mass is 10.1. The standard InChI is InChI=1S/C14H18BrNO2S/c1-9-7-16(8-10(2)19-9)14(17)11-4-5-13(18-3)12(15)6-11/h4-6,9-10H,7-8H2,1-3H3. The van der Waals surface area contributed by atoms with Crippen LogP contribution in [-0.2, 0) is 0 Å². The van der Waals surface area contributed by atoms with Gasteiger partial charge in [-0.3, -0.25) is 4.79 Å². The highest BCUT2D eigenvalue weighted by Crippen LogP contribution is 2.28. The van der Waals surface area contributed by atoms with E-state index in [4.69, 9.17) is 4.74 Å². The van der Waals surface area contributed by atoms with E-state index in [1.54, 1.807) is 7.11 Å². The first kappa shape index (κ1) is 14.7. The Balaban J connectivity index is 2.17. The molecule has 0 N–H and O–H groups in total. The van der Waals surface area contributed by atoms with Crippen LogP contribution in [0, 0.1) is 0 Å². The summed E-state index contributed by atoms with van der Waals surface area (Å²) in [5.74, 6) is 0.842. The lowest BCUT2D eigenvalue weighted by Crippen LogP contribution is -2.44. The van der Waals surface area contributed by atoms with Gasteiger partial charge in [-0.1, -0.05) is 13.8 Å². The highest BCUT2D eigenvalue weighted by molar-refractivity contribution is 9.10. The molecule has 2 rings (SSSR count). The second-order valence-corrected chi connectivity index (χ2v) is 7.55. The Hall–Kier alpha value is -0.680. The highest BCUT2D eigenvalue weighted by Gasteiger charge is 2.26. The summed E-state index contributed by atoms with van der Waals surface area (Å²) >= 11 is 5.37. The molecule has 1 saturated heterocycles. The van der Waals surface area contributed by atoms with Crippen LogP contribution in [-0.4, -0.2) is 41.5 Å². The average molecular weight is 344 g/mol. The number of benzene rings is 1. The van der Waals surface area contributed by atoms with E-state index in [0.717, 1.165) is 23.3 Å². The molecule has 0 bridgehead atoms. The van der Waals surface area contributed by atoms with Gasteiger partial charge in [-0.2, -0.15) is 11.8 Å². The Kier molecular flexibility index (Phi) is 4.79. The van der Waals surface area contributed by atoms with Gasteiger partial charge in [0.05, 0.1) is 11.6 Å². The topological polar surface area (TPSA) is 29.5 Å². The Morgan fingerprint density at radius 2 is 2.00 bits per heavy atom. The van der Waals surface area contributed by atoms with Crippen LogP contribution in [0.4, 0.5) is 0 Å². The number of rotatable bonds is 2. The molecular weight excluding hydrogens is 326 g/mol. The molecule has 1 aliphatic heterocycles. The molecule has 1 aliphatic rings. The lowest BCUT2D eigenvalue weighted by Gasteiger charge is -2.34. The minimum atomic E-state index is 0.0994. The zero-order valence-corrected chi connectivity index (χ0v) is 13.8. The number of hydrogen-bond donors (Lipinski definition) is 0. The van der Waals surface area contributed by atoms with Gasteiger partial charge in [0, 0.05) is 29.2 Å². The fraction of sp³-hybridized carbons (Fsp3) is 0.500. The number of nitrogens with zero attached hydrogens (tertiary/aromatic N) is 1. The molecule has 0 spiro atoms. The number of halogens is 1. The summed E-state index contributed by atoms with van der Waals surface area (Å²) in [5, 5.41) is 0.990. The lowest BCUT2D eigenvalue weighted by molar-refractivity contribution is 0.0753. The van der Waals surface area contributed by atoms with Gasteiger partial charge < -0.3 is 9.64 Å². The minimum absolute atomic E-state index is 0.0994. The molecule has 19 heavy (non-hydrogen) atoms. The molecular formula is C14H18BrNO2S. The van der Waals surface area contributed by atoms with Crippen LogP contribution in [0.2, 0.25) is 0 Å². The average Bonchev–Trinajstić information content (AvgIpc) is 2.36. The summed E-state index contributed by atoms with van der Waals surface area (Å²) < 4.78 is 6.00. The Morgan fingerprint density at radius 3 is 2.53 bits per heavy atom. The molecule has 1 aromatic carbocycles. The van der Waals surface area contributed by atoms with E-state index in [-0.39, 0.29) is 5.91 Å². The largest absolute Gasteiger partial charge is 0.496 e. The number of hydrogen-bond acceptors (Lipinski definition) is 3. The number of thioether (sulfide) groups is 1. The van der Waals surface area contributed by atoms with Crippen molar-refractivity contribution in [3.63, 3.8) is 0 Å². The van der Waals surface area contributed by atoms with E-state index in [9.17, 15) is 4.79 Å². The van der Waals surface area contributed by atoms with Gasteiger partial charge >= 0.3 is 0 Å². The monoisotopic (exact) mass is 343 g/mol. The fourth-order valence-corrected chi connectivity index (χ4v) is 4.19. The van der Waals surface area contributed by atoms with Gasteiger partial charge in [0.25, 0.3) is 5.91 Å². The zero-order chi connectivity index (χ0) is 14.0. The van der Waals surface area contributed by atoms with Crippen molar-refractivity contribution in [3.05, 3.63) is 28.2 Å². The SMILES string of the molecule is COc1ccc(C(=O)N2CC(C)SC(C)C2)cc1Br. The van der Waals surface area contributed by atoms with Gasteiger partial charge in [0.15, 0.2) is 0 Å². The molecule has 2 unspecified atom stereocenters. The summed E-state index contributed by atoms with van der Waals surface area (Å²) in [6, 6.07) is 5.48. The van der Waals surface area contributed by atoms with Crippen LogP contribution in [0.3, 0.4) is 0 Å². The summed E-state index contributed by atoms with van der Waals surface area (Å²) in [6.07, 6.45) is 0. The number of methoxy groups -OCH3 is 1. The number of carbonyl (C=O) groups excluding carboxylic acids is 1. The predicted molar refractivity (Wildman–Crippen MR) is 83.1 cm³/mol. The van der Waals surface area contributed by atoms with Crippen LogP contribution in [0.15, 0.2) is 22.7 Å². The first-order valence-electron chi connectivity index (χ1n) is 6.29. The molecule has 0 saturated carbocycles. The van der Waals surface area contributed by atoms with Crippen LogP contribution in [0.5, 0.6) is 5.75 Å². The van der Waals surface area contributed by atoms with E-state index in [2.05, 4.69) is 29.8 Å². The van der Waals surface area contributed by atoms with Crippen LogP contribution in [0.1, 0.15) is 24.2 Å². The molecule has 1 amide bonds. The molecule has 0 aromatic heterocycles. The molecule has 0 aliphatic carbocycles. The number of ether oxygens (including phenoxy) is 1. The first-order valence-corrected chi connectivity index (χ1v) is 8.03. The van der Waals surface area contributed by atoms with Crippen molar-refractivity contribution in [2.75, 3.05) is 20.2 Å². The second-order valence-electron chi connectivity index (χ2n) is 4.82. The Labute approximate surface area is 126 Å². The third-order valence-corrected chi connectivity index (χ3v) is 4.95. The van der Waals surface area contributed by atoms with Crippen molar-refractivity contribution in [1.82, 2.24) is 4.90 Å². The predicted octanol–water partition coefficient (Wildman–Crippen LogP) is 3.42. The first-order chi connectivity index (χ1) is 9.01. The van der Waals surface area contributed by atoms with Crippen molar-refractivity contribution in [2.24, 2.45) is 0 Å². The molecule has 1 fully saturated rings. The van der Waals surface area contributed by atoms with Gasteiger partial charge in [-0.05, 0) is 34.1 Å². The molecule has 0 radical (unpaired) electrons. The van der Waals surface area contributed by atoms with Gasteiger partial charge in [0.1, 0.15) is 5.75 Å². The number of amides is 1. The summed E-state index contributed by atoms with van der Waals surface area (Å²) in [4.78, 5) is 14.4. The Morgan fingerprint density at radius 1 is 1.37 bits per heavy atom. The molecule has 5 heteroatoms. The van der Waals surface area contributed by atoms with Crippen molar-refractivity contribution in [2.45, 2.75) is 24.3 Å². The van der Waals surface area contributed by atoms with E-state index >= 15 is 0 Å². The fourth-order valence-electron chi connectivity index (χ4n) is 2.33. The molecule has 1 heterocycles. The van der Waals surface area contributed by atoms with Crippen molar-refractivity contribution >= 4 is 33.6 Å². The van der Waals surface area contributed by atoms with E-state index in [0.29, 0.717) is 16.1 Å². The summed E-state index contributed by atoms with van der Waals surface area (Å²) in [6.45, 7) is 5.98. The van der Waals surface area contributed by atoms with Crippen molar-refractivity contribution in [3.8, 4) is 5.75 Å². The van der Waals surface area contributed by atoms with Gasteiger partial charge in [-0.25, -0.2) is 0 Å². The smallest absolute Gasteiger partial charge is 0.253 e. The maximum atomic E-state index is 12.5. The normalized spacial score (nSPS) is 23.3. The molecule has 1 aromatic rings. The third-order valence-electron chi connectivity index (χ3n) is 3.11. The van der Waals surface area contributed by atoms with Gasteiger partial charge in [0.2, 0.25) is 0 Å². The highest BCUT2D eigenvalue weighted by atomic mass is 79.9. The van der Waals surface area contributed by atoms with Crippen LogP contribution in [0.25, 0.3) is 0 Å². The number of carbonyl (C=O) groups is 1.